The van der Waals surface area contributed by atoms with Gasteiger partial charge in [-0.15, -0.1) is 0 Å². The molecule has 0 atom stereocenters. The molecule has 9 nitrogen and oxygen atoms in total. The third-order valence-electron chi connectivity index (χ3n) is 6.20. The second kappa shape index (κ2) is 8.97. The number of benzene rings is 1. The molecule has 0 saturated carbocycles. The molecular weight excluding hydrogens is 457 g/mol. The van der Waals surface area contributed by atoms with Gasteiger partial charge in [0, 0.05) is 28.9 Å². The van der Waals surface area contributed by atoms with Crippen LogP contribution in [-0.4, -0.2) is 65.9 Å². The predicted molar refractivity (Wildman–Crippen MR) is 137 cm³/mol. The van der Waals surface area contributed by atoms with Crippen molar-refractivity contribution in [3.8, 4) is 33.9 Å². The summed E-state index contributed by atoms with van der Waals surface area (Å²) in [6, 6.07) is 7.12. The Kier molecular flexibility index (Phi) is 5.49. The van der Waals surface area contributed by atoms with Crippen LogP contribution in [-0.2, 0) is 6.42 Å². The maximum Gasteiger partial charge on any atom is 0.159 e. The van der Waals surface area contributed by atoms with E-state index in [1.54, 1.807) is 37.1 Å². The van der Waals surface area contributed by atoms with Crippen LogP contribution in [0.5, 0.6) is 0 Å². The van der Waals surface area contributed by atoms with Gasteiger partial charge < -0.3 is 9.88 Å². The SMILES string of the molecule is CN(C)CCCc1cc(F)cc(-c2cncc3[nH]c(-c4n[nH]c5cnc(-c6cn[nH]c6)cc45)nc23)c1. The summed E-state index contributed by atoms with van der Waals surface area (Å²) in [5.41, 5.74) is 7.06. The monoisotopic (exact) mass is 481 g/mol. The Balaban J connectivity index is 1.41. The number of aryl methyl sites for hydroxylation is 1. The maximum atomic E-state index is 14.6. The molecule has 3 N–H and O–H groups in total. The van der Waals surface area contributed by atoms with E-state index in [1.807, 2.05) is 26.2 Å². The lowest BCUT2D eigenvalue weighted by atomic mass is 10.0. The molecule has 0 unspecified atom stereocenters. The molecule has 5 aromatic heterocycles. The van der Waals surface area contributed by atoms with Crippen LogP contribution in [0.15, 0.2) is 55.2 Å². The van der Waals surface area contributed by atoms with E-state index < -0.39 is 0 Å². The van der Waals surface area contributed by atoms with Gasteiger partial charge in [-0.1, -0.05) is 6.07 Å². The lowest BCUT2D eigenvalue weighted by Gasteiger charge is -2.10. The van der Waals surface area contributed by atoms with Gasteiger partial charge in [-0.25, -0.2) is 9.37 Å². The van der Waals surface area contributed by atoms with Crippen molar-refractivity contribution in [1.82, 2.24) is 45.2 Å². The van der Waals surface area contributed by atoms with Gasteiger partial charge in [0.25, 0.3) is 0 Å². The molecule has 0 aliphatic carbocycles. The standard InChI is InChI=1S/C26H24FN9/c1-36(2)5-3-4-15-6-16(8-18(27)7-15)20-12-28-13-23-24(20)33-26(32-23)25-19-9-21(17-10-30-31-11-17)29-14-22(19)34-35-25/h6-14H,3-5H2,1-2H3,(H,30,31)(H,32,33)(H,34,35). The number of hydrogen-bond acceptors (Lipinski definition) is 6. The fourth-order valence-electron chi connectivity index (χ4n) is 4.45. The van der Waals surface area contributed by atoms with Gasteiger partial charge in [0.2, 0.25) is 0 Å². The average Bonchev–Trinajstić information content (AvgIpc) is 3.62. The summed E-state index contributed by atoms with van der Waals surface area (Å²) in [4.78, 5) is 19.2. The van der Waals surface area contributed by atoms with Crippen LogP contribution < -0.4 is 0 Å². The first-order valence-corrected chi connectivity index (χ1v) is 11.7. The van der Waals surface area contributed by atoms with E-state index in [4.69, 9.17) is 4.98 Å². The van der Waals surface area contributed by atoms with Crippen molar-refractivity contribution in [2.45, 2.75) is 12.8 Å². The van der Waals surface area contributed by atoms with Crippen molar-refractivity contribution in [1.29, 1.82) is 0 Å². The number of imidazole rings is 1. The van der Waals surface area contributed by atoms with Crippen LogP contribution in [0.1, 0.15) is 12.0 Å². The van der Waals surface area contributed by atoms with E-state index in [0.717, 1.165) is 63.8 Å². The van der Waals surface area contributed by atoms with Crippen LogP contribution in [0.4, 0.5) is 4.39 Å². The molecule has 6 rings (SSSR count). The zero-order chi connectivity index (χ0) is 24.6. The summed E-state index contributed by atoms with van der Waals surface area (Å²) in [5, 5.41) is 15.2. The van der Waals surface area contributed by atoms with E-state index in [0.29, 0.717) is 17.0 Å². The van der Waals surface area contributed by atoms with E-state index in [2.05, 4.69) is 40.2 Å². The zero-order valence-electron chi connectivity index (χ0n) is 19.9. The second-order valence-corrected chi connectivity index (χ2v) is 9.10. The number of aromatic nitrogens is 8. The molecule has 5 heterocycles. The Bertz CT molecular complexity index is 1660. The van der Waals surface area contributed by atoms with Crippen LogP contribution in [0, 0.1) is 5.82 Å². The van der Waals surface area contributed by atoms with E-state index in [-0.39, 0.29) is 5.82 Å². The zero-order valence-corrected chi connectivity index (χ0v) is 19.9. The van der Waals surface area contributed by atoms with Crippen LogP contribution in [0.25, 0.3) is 55.8 Å². The van der Waals surface area contributed by atoms with Crippen molar-refractivity contribution in [2.75, 3.05) is 20.6 Å². The number of fused-ring (bicyclic) bond motifs is 2. The number of nitrogens with one attached hydrogen (secondary N) is 3. The summed E-state index contributed by atoms with van der Waals surface area (Å²) in [6.45, 7) is 0.946. The molecule has 0 aliphatic heterocycles. The number of nitrogens with zero attached hydrogens (tertiary/aromatic N) is 6. The fourth-order valence-corrected chi connectivity index (χ4v) is 4.45. The Morgan fingerprint density at radius 2 is 1.89 bits per heavy atom. The Labute approximate surface area is 205 Å². The summed E-state index contributed by atoms with van der Waals surface area (Å²) in [5.74, 6) is 0.329. The van der Waals surface area contributed by atoms with Crippen LogP contribution >= 0.6 is 0 Å². The minimum absolute atomic E-state index is 0.266. The van der Waals surface area contributed by atoms with Gasteiger partial charge in [0.1, 0.15) is 11.5 Å². The second-order valence-electron chi connectivity index (χ2n) is 9.10. The molecule has 0 radical (unpaired) electrons. The highest BCUT2D eigenvalue weighted by atomic mass is 19.1. The molecule has 6 aromatic rings. The minimum Gasteiger partial charge on any atom is -0.335 e. The van der Waals surface area contributed by atoms with Crippen LogP contribution in [0.3, 0.4) is 0 Å². The quantitative estimate of drug-likeness (QED) is 0.307. The van der Waals surface area contributed by atoms with Crippen molar-refractivity contribution in [3.63, 3.8) is 0 Å². The molecule has 0 amide bonds. The fraction of sp³-hybridized carbons (Fsp3) is 0.192. The molecule has 10 heteroatoms. The summed E-state index contributed by atoms with van der Waals surface area (Å²) in [6.07, 6.45) is 10.5. The molecule has 180 valence electrons. The highest BCUT2D eigenvalue weighted by Crippen LogP contribution is 2.32. The van der Waals surface area contributed by atoms with Gasteiger partial charge in [-0.2, -0.15) is 10.2 Å². The first-order valence-electron chi connectivity index (χ1n) is 11.7. The molecule has 0 fully saturated rings. The number of aromatic amines is 3. The molecule has 36 heavy (non-hydrogen) atoms. The number of rotatable bonds is 7. The number of hydrogen-bond donors (Lipinski definition) is 3. The summed E-state index contributed by atoms with van der Waals surface area (Å²) >= 11 is 0. The number of H-pyrrole nitrogens is 3. The normalized spacial score (nSPS) is 11.8. The predicted octanol–water partition coefficient (Wildman–Crippen LogP) is 4.59. The summed E-state index contributed by atoms with van der Waals surface area (Å²) < 4.78 is 14.6. The van der Waals surface area contributed by atoms with Crippen LogP contribution in [0.2, 0.25) is 0 Å². The Morgan fingerprint density at radius 3 is 2.72 bits per heavy atom. The highest BCUT2D eigenvalue weighted by Gasteiger charge is 2.17. The molecule has 1 aromatic carbocycles. The van der Waals surface area contributed by atoms with Gasteiger partial charge in [0.05, 0.1) is 40.8 Å². The number of halogens is 1. The Morgan fingerprint density at radius 1 is 0.972 bits per heavy atom. The molecule has 0 spiro atoms. The third-order valence-corrected chi connectivity index (χ3v) is 6.20. The average molecular weight is 482 g/mol. The largest absolute Gasteiger partial charge is 0.335 e. The van der Waals surface area contributed by atoms with Gasteiger partial charge in [0.15, 0.2) is 5.82 Å². The van der Waals surface area contributed by atoms with Gasteiger partial charge in [-0.3, -0.25) is 20.2 Å². The third kappa shape index (κ3) is 4.11. The van der Waals surface area contributed by atoms with Gasteiger partial charge >= 0.3 is 0 Å². The number of pyridine rings is 2. The maximum absolute atomic E-state index is 14.6. The molecule has 0 aliphatic rings. The highest BCUT2D eigenvalue weighted by molar-refractivity contribution is 5.97. The lowest BCUT2D eigenvalue weighted by molar-refractivity contribution is 0.400. The lowest BCUT2D eigenvalue weighted by Crippen LogP contribution is -2.13. The molecule has 0 bridgehead atoms. The smallest absolute Gasteiger partial charge is 0.159 e. The summed E-state index contributed by atoms with van der Waals surface area (Å²) in [7, 11) is 4.08. The van der Waals surface area contributed by atoms with E-state index >= 15 is 0 Å². The van der Waals surface area contributed by atoms with Crippen molar-refractivity contribution >= 4 is 21.9 Å². The van der Waals surface area contributed by atoms with Crippen molar-refractivity contribution in [3.05, 3.63) is 66.6 Å². The molecular formula is C26H24FN9. The Hall–Kier alpha value is -4.44. The minimum atomic E-state index is -0.266. The van der Waals surface area contributed by atoms with E-state index in [1.165, 1.54) is 6.07 Å². The van der Waals surface area contributed by atoms with Crippen molar-refractivity contribution in [2.24, 2.45) is 0 Å². The van der Waals surface area contributed by atoms with Crippen molar-refractivity contribution < 1.29 is 4.39 Å². The van der Waals surface area contributed by atoms with Gasteiger partial charge in [-0.05, 0) is 62.8 Å². The topological polar surface area (TPSA) is 115 Å². The van der Waals surface area contributed by atoms with E-state index in [9.17, 15) is 4.39 Å². The molecule has 0 saturated heterocycles. The first kappa shape index (κ1) is 22.1. The first-order chi connectivity index (χ1) is 17.5.